The summed E-state index contributed by atoms with van der Waals surface area (Å²) >= 11 is 0. The maximum Gasteiger partial charge on any atom is 0.310 e. The Morgan fingerprint density at radius 1 is 1.25 bits per heavy atom. The third kappa shape index (κ3) is 2.70. The molecule has 3 rings (SSSR count). The first-order valence-electron chi connectivity index (χ1n) is 8.92. The highest BCUT2D eigenvalue weighted by molar-refractivity contribution is 5.86. The fraction of sp³-hybridized carbons (Fsp3) is 0.833. The molecule has 0 aromatic rings. The molecule has 0 aromatic heterocycles. The van der Waals surface area contributed by atoms with Crippen LogP contribution in [0.2, 0.25) is 0 Å². The van der Waals surface area contributed by atoms with E-state index < -0.39 is 29.6 Å². The zero-order valence-electron chi connectivity index (χ0n) is 14.7. The van der Waals surface area contributed by atoms with Crippen LogP contribution in [-0.4, -0.2) is 35.7 Å². The summed E-state index contributed by atoms with van der Waals surface area (Å²) in [4.78, 5) is 36.9. The zero-order valence-corrected chi connectivity index (χ0v) is 14.7. The standard InChI is InChI=1S/C18H26O6/c1-5-7-11(19)22-14-10-8-9-12(16(20)23-15(9)14)13(10)17(21)24-18(3,4)6-2/h9-10,12-15H,5-8H2,1-4H3. The van der Waals surface area contributed by atoms with Gasteiger partial charge in [-0.15, -0.1) is 0 Å². The first-order valence-corrected chi connectivity index (χ1v) is 8.92. The smallest absolute Gasteiger partial charge is 0.310 e. The van der Waals surface area contributed by atoms with Gasteiger partial charge in [-0.3, -0.25) is 14.4 Å². The van der Waals surface area contributed by atoms with Gasteiger partial charge in [0.1, 0.15) is 17.8 Å². The van der Waals surface area contributed by atoms with Gasteiger partial charge in [0.2, 0.25) is 0 Å². The first kappa shape index (κ1) is 17.2. The fourth-order valence-electron chi connectivity index (χ4n) is 4.30. The number of hydrogen-bond acceptors (Lipinski definition) is 6. The van der Waals surface area contributed by atoms with Gasteiger partial charge >= 0.3 is 17.9 Å². The van der Waals surface area contributed by atoms with Crippen molar-refractivity contribution >= 4 is 17.9 Å². The molecule has 2 bridgehead atoms. The molecular formula is C18H26O6. The van der Waals surface area contributed by atoms with Crippen molar-refractivity contribution in [3.8, 4) is 0 Å². The van der Waals surface area contributed by atoms with Crippen molar-refractivity contribution in [2.45, 2.75) is 71.2 Å². The van der Waals surface area contributed by atoms with E-state index in [2.05, 4.69) is 0 Å². The van der Waals surface area contributed by atoms with E-state index in [-0.39, 0.29) is 29.7 Å². The molecule has 0 spiro atoms. The molecule has 0 aromatic carbocycles. The third-order valence-electron chi connectivity index (χ3n) is 5.77. The SMILES string of the molecule is CCCC(=O)OC1C2CC3C1OC(=O)C3C2C(=O)OC(C)(C)CC. The lowest BCUT2D eigenvalue weighted by Gasteiger charge is -2.32. The summed E-state index contributed by atoms with van der Waals surface area (Å²) in [5.74, 6) is -2.24. The number of hydrogen-bond donors (Lipinski definition) is 0. The molecule has 6 heteroatoms. The van der Waals surface area contributed by atoms with Crippen LogP contribution in [0.5, 0.6) is 0 Å². The van der Waals surface area contributed by atoms with E-state index in [0.717, 1.165) is 0 Å². The number of fused-ring (bicyclic) bond motifs is 1. The van der Waals surface area contributed by atoms with Crippen LogP contribution in [0.3, 0.4) is 0 Å². The first-order chi connectivity index (χ1) is 11.3. The Hall–Kier alpha value is -1.59. The van der Waals surface area contributed by atoms with Crippen LogP contribution in [0.4, 0.5) is 0 Å². The lowest BCUT2D eigenvalue weighted by Crippen LogP contribution is -2.45. The highest BCUT2D eigenvalue weighted by Crippen LogP contribution is 2.59. The molecule has 24 heavy (non-hydrogen) atoms. The summed E-state index contributed by atoms with van der Waals surface area (Å²) in [6.07, 6.45) is 1.48. The van der Waals surface area contributed by atoms with Crippen LogP contribution in [0, 0.1) is 23.7 Å². The quantitative estimate of drug-likeness (QED) is 0.546. The summed E-state index contributed by atoms with van der Waals surface area (Å²) in [5, 5.41) is 0. The van der Waals surface area contributed by atoms with Crippen LogP contribution >= 0.6 is 0 Å². The molecule has 2 aliphatic carbocycles. The van der Waals surface area contributed by atoms with Gasteiger partial charge in [0.15, 0.2) is 0 Å². The maximum absolute atomic E-state index is 12.7. The predicted molar refractivity (Wildman–Crippen MR) is 83.7 cm³/mol. The minimum Gasteiger partial charge on any atom is -0.459 e. The molecule has 6 atom stereocenters. The average Bonchev–Trinajstić information content (AvgIpc) is 3.10. The molecule has 6 nitrogen and oxygen atoms in total. The van der Waals surface area contributed by atoms with E-state index in [1.165, 1.54) is 0 Å². The topological polar surface area (TPSA) is 78.9 Å². The predicted octanol–water partition coefficient (Wildman–Crippen LogP) is 2.24. The van der Waals surface area contributed by atoms with Crippen LogP contribution in [0.25, 0.3) is 0 Å². The van der Waals surface area contributed by atoms with Crippen molar-refractivity contribution in [2.75, 3.05) is 0 Å². The Kier molecular flexibility index (Phi) is 4.34. The highest BCUT2D eigenvalue weighted by Gasteiger charge is 2.70. The number of ether oxygens (including phenoxy) is 3. The molecule has 1 aliphatic heterocycles. The molecule has 1 saturated heterocycles. The zero-order chi connectivity index (χ0) is 17.6. The Labute approximate surface area is 142 Å². The van der Waals surface area contributed by atoms with Gasteiger partial charge in [0.25, 0.3) is 0 Å². The summed E-state index contributed by atoms with van der Waals surface area (Å²) < 4.78 is 16.7. The van der Waals surface area contributed by atoms with Gasteiger partial charge in [-0.05, 0) is 33.1 Å². The van der Waals surface area contributed by atoms with E-state index in [0.29, 0.717) is 25.7 Å². The highest BCUT2D eigenvalue weighted by atomic mass is 16.6. The van der Waals surface area contributed by atoms with E-state index in [4.69, 9.17) is 14.2 Å². The Balaban J connectivity index is 1.79. The largest absolute Gasteiger partial charge is 0.459 e. The molecule has 0 amide bonds. The number of esters is 3. The monoisotopic (exact) mass is 338 g/mol. The molecule has 2 saturated carbocycles. The second kappa shape index (κ2) is 6.05. The number of rotatable bonds is 6. The molecule has 0 radical (unpaired) electrons. The van der Waals surface area contributed by atoms with Crippen molar-refractivity contribution in [2.24, 2.45) is 23.7 Å². The summed E-state index contributed by atoms with van der Waals surface area (Å²) in [6.45, 7) is 7.56. The second-order valence-corrected chi connectivity index (χ2v) is 7.76. The van der Waals surface area contributed by atoms with Gasteiger partial charge in [-0.25, -0.2) is 0 Å². The minimum absolute atomic E-state index is 0.0378. The molecule has 0 N–H and O–H groups in total. The maximum atomic E-state index is 12.7. The molecule has 6 unspecified atom stereocenters. The summed E-state index contributed by atoms with van der Waals surface area (Å²) in [6, 6.07) is 0. The molecule has 3 aliphatic rings. The Bertz CT molecular complexity index is 554. The van der Waals surface area contributed by atoms with Gasteiger partial charge in [-0.1, -0.05) is 13.8 Å². The lowest BCUT2D eigenvalue weighted by molar-refractivity contribution is -0.172. The van der Waals surface area contributed by atoms with Crippen molar-refractivity contribution in [1.82, 2.24) is 0 Å². The van der Waals surface area contributed by atoms with Gasteiger partial charge in [0.05, 0.1) is 11.8 Å². The van der Waals surface area contributed by atoms with E-state index >= 15 is 0 Å². The van der Waals surface area contributed by atoms with E-state index in [1.54, 1.807) is 0 Å². The van der Waals surface area contributed by atoms with Crippen LogP contribution in [0.15, 0.2) is 0 Å². The molecule has 3 fully saturated rings. The van der Waals surface area contributed by atoms with E-state index in [9.17, 15) is 14.4 Å². The summed E-state index contributed by atoms with van der Waals surface area (Å²) in [5.41, 5.74) is -0.574. The Morgan fingerprint density at radius 3 is 2.58 bits per heavy atom. The lowest BCUT2D eigenvalue weighted by atomic mass is 9.78. The van der Waals surface area contributed by atoms with Crippen molar-refractivity contribution in [1.29, 1.82) is 0 Å². The van der Waals surface area contributed by atoms with E-state index in [1.807, 2.05) is 27.7 Å². The summed E-state index contributed by atoms with van der Waals surface area (Å²) in [7, 11) is 0. The van der Waals surface area contributed by atoms with Gasteiger partial charge < -0.3 is 14.2 Å². The Morgan fingerprint density at radius 2 is 1.96 bits per heavy atom. The van der Waals surface area contributed by atoms with Crippen molar-refractivity contribution in [3.05, 3.63) is 0 Å². The van der Waals surface area contributed by atoms with Crippen LogP contribution in [0.1, 0.15) is 53.4 Å². The van der Waals surface area contributed by atoms with Crippen molar-refractivity contribution in [3.63, 3.8) is 0 Å². The van der Waals surface area contributed by atoms with Gasteiger partial charge in [-0.2, -0.15) is 0 Å². The average molecular weight is 338 g/mol. The van der Waals surface area contributed by atoms with Crippen LogP contribution in [-0.2, 0) is 28.6 Å². The number of carbonyl (C=O) groups is 3. The fourth-order valence-corrected chi connectivity index (χ4v) is 4.30. The number of carbonyl (C=O) groups excluding carboxylic acids is 3. The third-order valence-corrected chi connectivity index (χ3v) is 5.77. The molecule has 134 valence electrons. The second-order valence-electron chi connectivity index (χ2n) is 7.76. The van der Waals surface area contributed by atoms with Gasteiger partial charge in [0, 0.05) is 18.3 Å². The molecular weight excluding hydrogens is 312 g/mol. The van der Waals surface area contributed by atoms with Crippen LogP contribution < -0.4 is 0 Å². The molecule has 1 heterocycles. The normalized spacial score (nSPS) is 36.6. The minimum atomic E-state index is -0.574. The van der Waals surface area contributed by atoms with Crippen molar-refractivity contribution < 1.29 is 28.6 Å².